The first-order valence-electron chi connectivity index (χ1n) is 8.98. The van der Waals surface area contributed by atoms with Crippen molar-refractivity contribution in [2.45, 2.75) is 39.0 Å². The van der Waals surface area contributed by atoms with Crippen molar-refractivity contribution in [2.24, 2.45) is 0 Å². The monoisotopic (exact) mass is 374 g/mol. The van der Waals surface area contributed by atoms with E-state index in [1.165, 1.54) is 24.4 Å². The minimum atomic E-state index is -0.328. The van der Waals surface area contributed by atoms with Crippen molar-refractivity contribution in [2.75, 3.05) is 13.2 Å². The molecule has 27 heavy (non-hydrogen) atoms. The number of amides is 1. The van der Waals surface area contributed by atoms with E-state index in [4.69, 9.17) is 9.47 Å². The summed E-state index contributed by atoms with van der Waals surface area (Å²) in [5, 5.41) is 2.86. The van der Waals surface area contributed by atoms with E-state index in [0.717, 1.165) is 25.0 Å². The van der Waals surface area contributed by atoms with Gasteiger partial charge in [0.1, 0.15) is 19.0 Å². The Kier molecular flexibility index (Phi) is 6.24. The molecule has 0 aliphatic carbocycles. The van der Waals surface area contributed by atoms with Gasteiger partial charge in [0, 0.05) is 24.9 Å². The van der Waals surface area contributed by atoms with Gasteiger partial charge in [0.2, 0.25) is 11.3 Å². The number of rotatable bonds is 7. The number of benzene rings is 1. The molecule has 2 heterocycles. The number of hydrogen-bond donors (Lipinski definition) is 1. The summed E-state index contributed by atoms with van der Waals surface area (Å²) in [5.74, 6) is -0.330. The van der Waals surface area contributed by atoms with Gasteiger partial charge in [0.05, 0.1) is 12.3 Å². The van der Waals surface area contributed by atoms with Gasteiger partial charge in [-0.2, -0.15) is 0 Å². The number of nitrogens with one attached hydrogen (secondary N) is 1. The van der Waals surface area contributed by atoms with E-state index in [0.29, 0.717) is 12.2 Å². The lowest BCUT2D eigenvalue weighted by Gasteiger charge is -2.15. The Morgan fingerprint density at radius 2 is 2.15 bits per heavy atom. The largest absolute Gasteiger partial charge is 0.483 e. The SMILES string of the molecule is Cc1cc(=O)c(OCc2ccc(F)cc2)cn1CC(=O)NC[C@@H]1CCCO1. The van der Waals surface area contributed by atoms with Crippen LogP contribution in [0.5, 0.6) is 5.75 Å². The molecule has 0 saturated carbocycles. The summed E-state index contributed by atoms with van der Waals surface area (Å²) < 4.78 is 25.7. The minimum absolute atomic E-state index is 0.0821. The predicted octanol–water partition coefficient (Wildman–Crippen LogP) is 2.17. The minimum Gasteiger partial charge on any atom is -0.483 e. The fraction of sp³-hybridized carbons (Fsp3) is 0.400. The molecule has 1 aliphatic heterocycles. The highest BCUT2D eigenvalue weighted by atomic mass is 19.1. The van der Waals surface area contributed by atoms with Crippen LogP contribution >= 0.6 is 0 Å². The zero-order valence-corrected chi connectivity index (χ0v) is 15.2. The van der Waals surface area contributed by atoms with Gasteiger partial charge in [-0.1, -0.05) is 12.1 Å². The molecular weight excluding hydrogens is 351 g/mol. The van der Waals surface area contributed by atoms with Gasteiger partial charge < -0.3 is 19.4 Å². The average molecular weight is 374 g/mol. The maximum atomic E-state index is 13.0. The number of carbonyl (C=O) groups is 1. The normalized spacial score (nSPS) is 16.3. The van der Waals surface area contributed by atoms with Gasteiger partial charge in [-0.3, -0.25) is 9.59 Å². The second kappa shape index (κ2) is 8.81. The van der Waals surface area contributed by atoms with Crippen LogP contribution in [-0.4, -0.2) is 29.7 Å². The molecule has 0 spiro atoms. The number of aryl methyl sites for hydroxylation is 1. The van der Waals surface area contributed by atoms with E-state index in [1.807, 2.05) is 0 Å². The molecule has 1 saturated heterocycles. The van der Waals surface area contributed by atoms with E-state index in [9.17, 15) is 14.0 Å². The van der Waals surface area contributed by atoms with Crippen LogP contribution in [0.4, 0.5) is 4.39 Å². The number of hydrogen-bond acceptors (Lipinski definition) is 4. The predicted molar refractivity (Wildman–Crippen MR) is 98.2 cm³/mol. The maximum Gasteiger partial charge on any atom is 0.240 e. The third-order valence-electron chi connectivity index (χ3n) is 4.48. The number of pyridine rings is 1. The summed E-state index contributed by atoms with van der Waals surface area (Å²) in [5.41, 5.74) is 1.16. The molecule has 1 amide bonds. The smallest absolute Gasteiger partial charge is 0.240 e. The molecule has 144 valence electrons. The first-order valence-corrected chi connectivity index (χ1v) is 8.98. The molecule has 1 N–H and O–H groups in total. The molecule has 1 fully saturated rings. The summed E-state index contributed by atoms with van der Waals surface area (Å²) >= 11 is 0. The molecule has 3 rings (SSSR count). The van der Waals surface area contributed by atoms with Gasteiger partial charge in [-0.25, -0.2) is 4.39 Å². The topological polar surface area (TPSA) is 69.6 Å². The van der Waals surface area contributed by atoms with Crippen LogP contribution < -0.4 is 15.5 Å². The first kappa shape index (κ1) is 19.1. The summed E-state index contributed by atoms with van der Waals surface area (Å²) in [7, 11) is 0. The van der Waals surface area contributed by atoms with Crippen molar-refractivity contribution < 1.29 is 18.7 Å². The Morgan fingerprint density at radius 3 is 2.85 bits per heavy atom. The zero-order valence-electron chi connectivity index (χ0n) is 15.2. The lowest BCUT2D eigenvalue weighted by molar-refractivity contribution is -0.122. The van der Waals surface area contributed by atoms with Crippen molar-refractivity contribution in [3.05, 3.63) is 63.8 Å². The number of nitrogens with zero attached hydrogens (tertiary/aromatic N) is 1. The Morgan fingerprint density at radius 1 is 1.37 bits per heavy atom. The van der Waals surface area contributed by atoms with Crippen LogP contribution in [0.3, 0.4) is 0 Å². The summed E-state index contributed by atoms with van der Waals surface area (Å²) in [6.45, 7) is 3.23. The van der Waals surface area contributed by atoms with Crippen molar-refractivity contribution in [1.29, 1.82) is 0 Å². The zero-order chi connectivity index (χ0) is 19.2. The molecule has 1 aromatic carbocycles. The number of carbonyl (C=O) groups excluding carboxylic acids is 1. The van der Waals surface area contributed by atoms with Crippen LogP contribution in [0.2, 0.25) is 0 Å². The van der Waals surface area contributed by atoms with Crippen LogP contribution in [0, 0.1) is 12.7 Å². The van der Waals surface area contributed by atoms with Crippen molar-refractivity contribution >= 4 is 5.91 Å². The molecular formula is C20H23FN2O4. The highest BCUT2D eigenvalue weighted by molar-refractivity contribution is 5.75. The van der Waals surface area contributed by atoms with Gasteiger partial charge in [-0.05, 0) is 37.5 Å². The highest BCUT2D eigenvalue weighted by Gasteiger charge is 2.16. The van der Waals surface area contributed by atoms with E-state index < -0.39 is 0 Å². The van der Waals surface area contributed by atoms with Gasteiger partial charge in [0.25, 0.3) is 0 Å². The fourth-order valence-electron chi connectivity index (χ4n) is 2.91. The van der Waals surface area contributed by atoms with Crippen molar-refractivity contribution in [3.8, 4) is 5.75 Å². The van der Waals surface area contributed by atoms with Crippen molar-refractivity contribution in [1.82, 2.24) is 9.88 Å². The van der Waals surface area contributed by atoms with Gasteiger partial charge in [-0.15, -0.1) is 0 Å². The van der Waals surface area contributed by atoms with Crippen molar-refractivity contribution in [3.63, 3.8) is 0 Å². The molecule has 1 aliphatic rings. The Hall–Kier alpha value is -2.67. The summed E-state index contributed by atoms with van der Waals surface area (Å²) in [4.78, 5) is 24.3. The standard InChI is InChI=1S/C20H23FN2O4/c1-14-9-18(24)19(27-13-15-4-6-16(21)7-5-15)11-23(14)12-20(25)22-10-17-3-2-8-26-17/h4-7,9,11,17H,2-3,8,10,12-13H2,1H3,(H,22,25)/t17-/m0/s1. The Labute approximate surface area is 156 Å². The van der Waals surface area contributed by atoms with Crippen LogP contribution in [0.15, 0.2) is 41.3 Å². The molecule has 0 radical (unpaired) electrons. The van der Waals surface area contributed by atoms with Crippen LogP contribution in [0.25, 0.3) is 0 Å². The molecule has 0 bridgehead atoms. The van der Waals surface area contributed by atoms with Gasteiger partial charge in [0.15, 0.2) is 5.75 Å². The second-order valence-electron chi connectivity index (χ2n) is 6.63. The fourth-order valence-corrected chi connectivity index (χ4v) is 2.91. The average Bonchev–Trinajstić information content (AvgIpc) is 3.16. The Balaban J connectivity index is 1.61. The van der Waals surface area contributed by atoms with Crippen LogP contribution in [-0.2, 0) is 22.7 Å². The lowest BCUT2D eigenvalue weighted by atomic mass is 10.2. The molecule has 0 unspecified atom stereocenters. The third kappa shape index (κ3) is 5.40. The van der Waals surface area contributed by atoms with Gasteiger partial charge >= 0.3 is 0 Å². The molecule has 1 atom stereocenters. The van der Waals surface area contributed by atoms with E-state index >= 15 is 0 Å². The number of ether oxygens (including phenoxy) is 2. The summed E-state index contributed by atoms with van der Waals surface area (Å²) in [6, 6.07) is 7.31. The number of aromatic nitrogens is 1. The maximum absolute atomic E-state index is 13.0. The Bertz CT molecular complexity index is 842. The van der Waals surface area contributed by atoms with E-state index in [1.54, 1.807) is 23.6 Å². The number of halogens is 1. The lowest BCUT2D eigenvalue weighted by Crippen LogP contribution is -2.34. The molecule has 7 heteroatoms. The van der Waals surface area contributed by atoms with E-state index in [2.05, 4.69) is 5.32 Å². The highest BCUT2D eigenvalue weighted by Crippen LogP contribution is 2.12. The van der Waals surface area contributed by atoms with Crippen LogP contribution in [0.1, 0.15) is 24.1 Å². The first-order chi connectivity index (χ1) is 13.0. The second-order valence-corrected chi connectivity index (χ2v) is 6.63. The summed E-state index contributed by atoms with van der Waals surface area (Å²) in [6.07, 6.45) is 3.60. The molecule has 6 nitrogen and oxygen atoms in total. The molecule has 2 aromatic rings. The van der Waals surface area contributed by atoms with E-state index in [-0.39, 0.29) is 42.2 Å². The third-order valence-corrected chi connectivity index (χ3v) is 4.48. The quantitative estimate of drug-likeness (QED) is 0.806. The molecule has 1 aromatic heterocycles.